The van der Waals surface area contributed by atoms with Gasteiger partial charge in [0.05, 0.1) is 10.0 Å². The zero-order valence-electron chi connectivity index (χ0n) is 9.85. The summed E-state index contributed by atoms with van der Waals surface area (Å²) in [5.41, 5.74) is 0.120. The van der Waals surface area contributed by atoms with Gasteiger partial charge in [0, 0.05) is 12.1 Å². The number of halogens is 2. The molecule has 104 valence electrons. The molecule has 8 heteroatoms. The molecule has 1 aromatic heterocycles. The quantitative estimate of drug-likeness (QED) is 0.902. The van der Waals surface area contributed by atoms with Gasteiger partial charge in [-0.2, -0.15) is 0 Å². The summed E-state index contributed by atoms with van der Waals surface area (Å²) in [5, 5.41) is 12.3. The van der Waals surface area contributed by atoms with Crippen molar-refractivity contribution in [2.45, 2.75) is 0 Å². The van der Waals surface area contributed by atoms with E-state index in [-0.39, 0.29) is 22.8 Å². The highest BCUT2D eigenvalue weighted by Gasteiger charge is 2.25. The monoisotopic (exact) mass is 343 g/mol. The Hall–Kier alpha value is -2.09. The molecule has 0 amide bonds. The van der Waals surface area contributed by atoms with Gasteiger partial charge in [0.2, 0.25) is 5.76 Å². The average Bonchev–Trinajstić information content (AvgIpc) is 2.88. The van der Waals surface area contributed by atoms with E-state index in [4.69, 9.17) is 14.6 Å². The van der Waals surface area contributed by atoms with Crippen molar-refractivity contribution < 1.29 is 28.3 Å². The van der Waals surface area contributed by atoms with Crippen LogP contribution in [0, 0.1) is 5.82 Å². The molecule has 1 aromatic carbocycles. The van der Waals surface area contributed by atoms with E-state index < -0.39 is 11.8 Å². The van der Waals surface area contributed by atoms with Crippen LogP contribution in [0.15, 0.2) is 21.1 Å². The molecule has 1 aliphatic rings. The molecule has 6 nitrogen and oxygen atoms in total. The van der Waals surface area contributed by atoms with Crippen molar-refractivity contribution in [2.75, 3.05) is 13.2 Å². The number of hydrogen-bond acceptors (Lipinski definition) is 5. The van der Waals surface area contributed by atoms with Crippen LogP contribution in [0.4, 0.5) is 4.39 Å². The van der Waals surface area contributed by atoms with Gasteiger partial charge in [-0.1, -0.05) is 5.16 Å². The van der Waals surface area contributed by atoms with Gasteiger partial charge in [0.25, 0.3) is 0 Å². The lowest BCUT2D eigenvalue weighted by Gasteiger charge is -2.20. The summed E-state index contributed by atoms with van der Waals surface area (Å²) in [6.45, 7) is 0.682. The SMILES string of the molecule is O=C(O)c1cc(-c2c(F)cc3c(c2Br)OCCO3)no1. The number of aromatic carboxylic acids is 1. The Morgan fingerprint density at radius 3 is 2.80 bits per heavy atom. The van der Waals surface area contributed by atoms with Gasteiger partial charge in [-0.15, -0.1) is 0 Å². The van der Waals surface area contributed by atoms with Gasteiger partial charge >= 0.3 is 5.97 Å². The number of ether oxygens (including phenoxy) is 2. The van der Waals surface area contributed by atoms with Crippen LogP contribution < -0.4 is 9.47 Å². The van der Waals surface area contributed by atoms with Gasteiger partial charge in [0.1, 0.15) is 24.7 Å². The van der Waals surface area contributed by atoms with E-state index in [9.17, 15) is 9.18 Å². The van der Waals surface area contributed by atoms with Crippen LogP contribution in [-0.2, 0) is 0 Å². The Balaban J connectivity index is 2.15. The fraction of sp³-hybridized carbons (Fsp3) is 0.167. The molecule has 0 fully saturated rings. The fourth-order valence-electron chi connectivity index (χ4n) is 1.85. The molecule has 0 atom stereocenters. The highest BCUT2D eigenvalue weighted by Crippen LogP contribution is 2.44. The highest BCUT2D eigenvalue weighted by atomic mass is 79.9. The maximum absolute atomic E-state index is 14.1. The number of carboxylic acid groups (broad SMARTS) is 1. The third kappa shape index (κ3) is 2.01. The molecule has 1 N–H and O–H groups in total. The van der Waals surface area contributed by atoms with Crippen molar-refractivity contribution in [3.05, 3.63) is 28.2 Å². The summed E-state index contributed by atoms with van der Waals surface area (Å²) in [6.07, 6.45) is 0. The summed E-state index contributed by atoms with van der Waals surface area (Å²) in [5.74, 6) is -1.63. The molecule has 0 aliphatic carbocycles. The van der Waals surface area contributed by atoms with Crippen molar-refractivity contribution in [3.8, 4) is 22.8 Å². The van der Waals surface area contributed by atoms with Crippen LogP contribution in [0.3, 0.4) is 0 Å². The van der Waals surface area contributed by atoms with Crippen LogP contribution in [0.5, 0.6) is 11.5 Å². The molecule has 0 unspecified atom stereocenters. The van der Waals surface area contributed by atoms with Gasteiger partial charge < -0.3 is 19.1 Å². The largest absolute Gasteiger partial charge is 0.486 e. The predicted molar refractivity (Wildman–Crippen MR) is 67.5 cm³/mol. The molecule has 0 saturated carbocycles. The topological polar surface area (TPSA) is 81.8 Å². The Labute approximate surface area is 120 Å². The van der Waals surface area contributed by atoms with Gasteiger partial charge in [0.15, 0.2) is 11.5 Å². The smallest absolute Gasteiger partial charge is 0.374 e. The number of rotatable bonds is 2. The van der Waals surface area contributed by atoms with E-state index in [2.05, 4.69) is 25.6 Å². The first-order valence-corrected chi connectivity index (χ1v) is 6.35. The van der Waals surface area contributed by atoms with E-state index in [0.717, 1.165) is 6.07 Å². The van der Waals surface area contributed by atoms with Crippen molar-refractivity contribution >= 4 is 21.9 Å². The minimum absolute atomic E-state index is 0.0590. The van der Waals surface area contributed by atoms with Crippen molar-refractivity contribution in [3.63, 3.8) is 0 Å². The van der Waals surface area contributed by atoms with Crippen LogP contribution in [0.25, 0.3) is 11.3 Å². The van der Waals surface area contributed by atoms with Gasteiger partial charge in [-0.25, -0.2) is 9.18 Å². The summed E-state index contributed by atoms with van der Waals surface area (Å²) in [7, 11) is 0. The maximum atomic E-state index is 14.1. The third-order valence-corrected chi connectivity index (χ3v) is 3.46. The minimum atomic E-state index is -1.28. The number of nitrogens with zero attached hydrogens (tertiary/aromatic N) is 1. The number of fused-ring (bicyclic) bond motifs is 1. The second-order valence-electron chi connectivity index (χ2n) is 3.95. The minimum Gasteiger partial charge on any atom is -0.486 e. The number of carboxylic acids is 1. The van der Waals surface area contributed by atoms with Crippen LogP contribution in [0.1, 0.15) is 10.6 Å². The molecule has 3 rings (SSSR count). The highest BCUT2D eigenvalue weighted by molar-refractivity contribution is 9.10. The number of hydrogen-bond donors (Lipinski definition) is 1. The van der Waals surface area contributed by atoms with Gasteiger partial charge in [-0.3, -0.25) is 0 Å². The molecule has 2 aromatic rings. The molecule has 0 saturated heterocycles. The summed E-state index contributed by atoms with van der Waals surface area (Å²) < 4.78 is 29.8. The summed E-state index contributed by atoms with van der Waals surface area (Å²) in [4.78, 5) is 10.8. The summed E-state index contributed by atoms with van der Waals surface area (Å²) >= 11 is 3.23. The van der Waals surface area contributed by atoms with Crippen molar-refractivity contribution in [1.29, 1.82) is 0 Å². The molecule has 0 radical (unpaired) electrons. The lowest BCUT2D eigenvalue weighted by atomic mass is 10.1. The first-order valence-electron chi connectivity index (χ1n) is 5.56. The molecular weight excluding hydrogens is 337 g/mol. The van der Waals surface area contributed by atoms with E-state index >= 15 is 0 Å². The number of aromatic nitrogens is 1. The Morgan fingerprint density at radius 2 is 2.10 bits per heavy atom. The maximum Gasteiger partial charge on any atom is 0.374 e. The molecule has 0 spiro atoms. The average molecular weight is 344 g/mol. The molecule has 2 heterocycles. The lowest BCUT2D eigenvalue weighted by Crippen LogP contribution is -2.16. The van der Waals surface area contributed by atoms with Crippen LogP contribution in [-0.4, -0.2) is 29.4 Å². The molecular formula is C12H7BrFNO5. The zero-order valence-corrected chi connectivity index (χ0v) is 11.4. The Bertz CT molecular complexity index is 699. The predicted octanol–water partition coefficient (Wildman–Crippen LogP) is 2.71. The van der Waals surface area contributed by atoms with Crippen molar-refractivity contribution in [1.82, 2.24) is 5.16 Å². The second-order valence-corrected chi connectivity index (χ2v) is 4.75. The lowest BCUT2D eigenvalue weighted by molar-refractivity contribution is 0.0652. The number of carbonyl (C=O) groups is 1. The first-order chi connectivity index (χ1) is 9.58. The Morgan fingerprint density at radius 1 is 1.35 bits per heavy atom. The zero-order chi connectivity index (χ0) is 14.3. The molecule has 0 bridgehead atoms. The summed E-state index contributed by atoms with van der Waals surface area (Å²) in [6, 6.07) is 2.31. The molecule has 1 aliphatic heterocycles. The van der Waals surface area contributed by atoms with E-state index in [1.165, 1.54) is 6.07 Å². The Kier molecular flexibility index (Phi) is 3.09. The van der Waals surface area contributed by atoms with E-state index in [0.29, 0.717) is 23.4 Å². The van der Waals surface area contributed by atoms with E-state index in [1.54, 1.807) is 0 Å². The van der Waals surface area contributed by atoms with E-state index in [1.807, 2.05) is 0 Å². The standard InChI is InChI=1S/C12H7BrFNO5/c13-10-9(6-4-8(12(16)17)20-15-6)5(14)3-7-11(10)19-2-1-18-7/h3-4H,1-2H2,(H,16,17). The van der Waals surface area contributed by atoms with Crippen LogP contribution in [0.2, 0.25) is 0 Å². The fourth-order valence-corrected chi connectivity index (χ4v) is 2.55. The third-order valence-electron chi connectivity index (χ3n) is 2.70. The normalized spacial score (nSPS) is 13.3. The first kappa shape index (κ1) is 12.9. The number of benzene rings is 1. The second kappa shape index (κ2) is 4.78. The molecule has 20 heavy (non-hydrogen) atoms. The van der Waals surface area contributed by atoms with Crippen LogP contribution >= 0.6 is 15.9 Å². The van der Waals surface area contributed by atoms with Crippen molar-refractivity contribution in [2.24, 2.45) is 0 Å². The van der Waals surface area contributed by atoms with Gasteiger partial charge in [-0.05, 0) is 15.9 Å².